The van der Waals surface area contributed by atoms with E-state index in [0.717, 1.165) is 5.69 Å². The van der Waals surface area contributed by atoms with Crippen LogP contribution < -0.4 is 20.7 Å². The molecule has 5 heteroatoms. The molecule has 0 atom stereocenters. The molecule has 2 aromatic carbocycles. The van der Waals surface area contributed by atoms with Gasteiger partial charge < -0.3 is 20.7 Å². The molecule has 0 unspecified atom stereocenters. The Hall–Kier alpha value is -2.69. The lowest BCUT2D eigenvalue weighted by Crippen LogP contribution is -2.14. The first-order valence-corrected chi connectivity index (χ1v) is 6.53. The van der Waals surface area contributed by atoms with Gasteiger partial charge in [-0.3, -0.25) is 4.79 Å². The Kier molecular flexibility index (Phi) is 4.33. The van der Waals surface area contributed by atoms with Gasteiger partial charge in [0.25, 0.3) is 5.91 Å². The van der Waals surface area contributed by atoms with Crippen molar-refractivity contribution in [3.63, 3.8) is 0 Å². The molecule has 3 N–H and O–H groups in total. The zero-order valence-electron chi connectivity index (χ0n) is 12.4. The first-order valence-electron chi connectivity index (χ1n) is 6.53. The normalized spacial score (nSPS) is 10.0. The monoisotopic (exact) mass is 285 g/mol. The lowest BCUT2D eigenvalue weighted by atomic mass is 10.1. The van der Waals surface area contributed by atoms with Crippen LogP contribution in [0.25, 0.3) is 0 Å². The van der Waals surface area contributed by atoms with E-state index in [1.54, 1.807) is 37.4 Å². The third kappa shape index (κ3) is 3.45. The predicted octanol–water partition coefficient (Wildman–Crippen LogP) is 2.60. The minimum atomic E-state index is -0.204. The number of nitrogens with zero attached hydrogens (tertiary/aromatic N) is 1. The Morgan fingerprint density at radius 3 is 2.38 bits per heavy atom. The summed E-state index contributed by atoms with van der Waals surface area (Å²) in [4.78, 5) is 14.2. The summed E-state index contributed by atoms with van der Waals surface area (Å²) in [6.07, 6.45) is 0. The number of ether oxygens (including phenoxy) is 1. The van der Waals surface area contributed by atoms with Crippen LogP contribution in [-0.2, 0) is 0 Å². The lowest BCUT2D eigenvalue weighted by molar-refractivity contribution is 0.102. The number of rotatable bonds is 4. The van der Waals surface area contributed by atoms with Gasteiger partial charge in [0.15, 0.2) is 0 Å². The van der Waals surface area contributed by atoms with Crippen molar-refractivity contribution in [2.75, 3.05) is 37.2 Å². The van der Waals surface area contributed by atoms with Gasteiger partial charge in [-0.2, -0.15) is 0 Å². The zero-order valence-corrected chi connectivity index (χ0v) is 12.4. The van der Waals surface area contributed by atoms with Crippen LogP contribution in [-0.4, -0.2) is 27.1 Å². The smallest absolute Gasteiger partial charge is 0.255 e. The Labute approximate surface area is 124 Å². The van der Waals surface area contributed by atoms with Crippen LogP contribution in [0.15, 0.2) is 42.5 Å². The lowest BCUT2D eigenvalue weighted by Gasteiger charge is -2.13. The molecule has 2 aromatic rings. The van der Waals surface area contributed by atoms with Gasteiger partial charge >= 0.3 is 0 Å². The molecule has 0 heterocycles. The summed E-state index contributed by atoms with van der Waals surface area (Å²) in [5.41, 5.74) is 8.47. The molecule has 0 bridgehead atoms. The van der Waals surface area contributed by atoms with Gasteiger partial charge in [-0.05, 0) is 42.5 Å². The van der Waals surface area contributed by atoms with Crippen molar-refractivity contribution in [2.45, 2.75) is 0 Å². The quantitative estimate of drug-likeness (QED) is 0.847. The molecule has 5 nitrogen and oxygen atoms in total. The Morgan fingerprint density at radius 2 is 1.81 bits per heavy atom. The summed E-state index contributed by atoms with van der Waals surface area (Å²) in [5.74, 6) is 0.367. The second-order valence-electron chi connectivity index (χ2n) is 4.86. The van der Waals surface area contributed by atoms with E-state index in [-0.39, 0.29) is 5.91 Å². The predicted molar refractivity (Wildman–Crippen MR) is 86.1 cm³/mol. The third-order valence-electron chi connectivity index (χ3n) is 3.12. The maximum Gasteiger partial charge on any atom is 0.255 e. The molecular formula is C16H19N3O2. The summed E-state index contributed by atoms with van der Waals surface area (Å²) in [7, 11) is 5.45. The molecular weight excluding hydrogens is 266 g/mol. The van der Waals surface area contributed by atoms with Gasteiger partial charge in [0.1, 0.15) is 5.75 Å². The number of hydrogen-bond donors (Lipinski definition) is 2. The largest absolute Gasteiger partial charge is 0.495 e. The third-order valence-corrected chi connectivity index (χ3v) is 3.12. The van der Waals surface area contributed by atoms with Gasteiger partial charge in [0.2, 0.25) is 0 Å². The van der Waals surface area contributed by atoms with Crippen LogP contribution in [0.2, 0.25) is 0 Å². The van der Waals surface area contributed by atoms with Gasteiger partial charge in [0.05, 0.1) is 12.8 Å². The summed E-state index contributed by atoms with van der Waals surface area (Å²) in [6, 6.07) is 12.5. The van der Waals surface area contributed by atoms with E-state index in [9.17, 15) is 4.79 Å². The molecule has 0 aliphatic rings. The molecule has 0 fully saturated rings. The molecule has 110 valence electrons. The van der Waals surface area contributed by atoms with Crippen molar-refractivity contribution in [1.82, 2.24) is 0 Å². The van der Waals surface area contributed by atoms with Crippen molar-refractivity contribution >= 4 is 23.0 Å². The Bertz CT molecular complexity index is 636. The zero-order chi connectivity index (χ0) is 15.4. The summed E-state index contributed by atoms with van der Waals surface area (Å²) < 4.78 is 5.21. The van der Waals surface area contributed by atoms with Crippen molar-refractivity contribution in [3.05, 3.63) is 48.0 Å². The SMILES string of the molecule is COc1ccc(N)cc1NC(=O)c1ccc(N(C)C)cc1. The molecule has 2 rings (SSSR count). The molecule has 0 spiro atoms. The second kappa shape index (κ2) is 6.17. The number of hydrogen-bond acceptors (Lipinski definition) is 4. The van der Waals surface area contributed by atoms with Crippen LogP contribution in [0.1, 0.15) is 10.4 Å². The van der Waals surface area contributed by atoms with E-state index < -0.39 is 0 Å². The fourth-order valence-corrected chi connectivity index (χ4v) is 1.93. The molecule has 0 saturated heterocycles. The standard InChI is InChI=1S/C16H19N3O2/c1-19(2)13-7-4-11(5-8-13)16(20)18-14-10-12(17)6-9-15(14)21-3/h4-10H,17H2,1-3H3,(H,18,20). The van der Waals surface area contributed by atoms with Crippen molar-refractivity contribution < 1.29 is 9.53 Å². The maximum atomic E-state index is 12.3. The number of amides is 1. The first kappa shape index (κ1) is 14.7. The fourth-order valence-electron chi connectivity index (χ4n) is 1.93. The number of carbonyl (C=O) groups is 1. The summed E-state index contributed by atoms with van der Waals surface area (Å²) in [6.45, 7) is 0. The Balaban J connectivity index is 2.19. The van der Waals surface area contributed by atoms with Crippen LogP contribution >= 0.6 is 0 Å². The van der Waals surface area contributed by atoms with E-state index >= 15 is 0 Å². The van der Waals surface area contributed by atoms with Crippen LogP contribution in [0, 0.1) is 0 Å². The number of benzene rings is 2. The molecule has 21 heavy (non-hydrogen) atoms. The number of nitrogens with one attached hydrogen (secondary N) is 1. The number of nitrogens with two attached hydrogens (primary N) is 1. The van der Waals surface area contributed by atoms with Gasteiger partial charge in [-0.1, -0.05) is 0 Å². The second-order valence-corrected chi connectivity index (χ2v) is 4.86. The number of anilines is 3. The first-order chi connectivity index (χ1) is 10.0. The average molecular weight is 285 g/mol. The van der Waals surface area contributed by atoms with Crippen LogP contribution in [0.3, 0.4) is 0 Å². The van der Waals surface area contributed by atoms with Gasteiger partial charge in [0, 0.05) is 31.0 Å². The highest BCUT2D eigenvalue weighted by Crippen LogP contribution is 2.27. The van der Waals surface area contributed by atoms with Gasteiger partial charge in [-0.25, -0.2) is 0 Å². The molecule has 1 amide bonds. The van der Waals surface area contributed by atoms with E-state index in [0.29, 0.717) is 22.7 Å². The molecule has 0 radical (unpaired) electrons. The number of methoxy groups -OCH3 is 1. The molecule has 0 saturated carbocycles. The Morgan fingerprint density at radius 1 is 1.14 bits per heavy atom. The van der Waals surface area contributed by atoms with Crippen molar-refractivity contribution in [3.8, 4) is 5.75 Å². The van der Waals surface area contributed by atoms with Crippen molar-refractivity contribution in [2.24, 2.45) is 0 Å². The molecule has 0 aliphatic carbocycles. The summed E-state index contributed by atoms with van der Waals surface area (Å²) in [5, 5.41) is 2.81. The number of carbonyl (C=O) groups excluding carboxylic acids is 1. The van der Waals surface area contributed by atoms with Gasteiger partial charge in [-0.15, -0.1) is 0 Å². The van der Waals surface area contributed by atoms with E-state index in [1.807, 2.05) is 31.1 Å². The molecule has 0 aromatic heterocycles. The highest BCUT2D eigenvalue weighted by atomic mass is 16.5. The van der Waals surface area contributed by atoms with Crippen LogP contribution in [0.4, 0.5) is 17.1 Å². The topological polar surface area (TPSA) is 67.6 Å². The van der Waals surface area contributed by atoms with E-state index in [2.05, 4.69) is 5.32 Å². The molecule has 0 aliphatic heterocycles. The van der Waals surface area contributed by atoms with Crippen molar-refractivity contribution in [1.29, 1.82) is 0 Å². The highest BCUT2D eigenvalue weighted by Gasteiger charge is 2.10. The fraction of sp³-hybridized carbons (Fsp3) is 0.188. The average Bonchev–Trinajstić information content (AvgIpc) is 2.47. The van der Waals surface area contributed by atoms with Crippen LogP contribution in [0.5, 0.6) is 5.75 Å². The number of nitrogen functional groups attached to an aromatic ring is 1. The maximum absolute atomic E-state index is 12.3. The minimum absolute atomic E-state index is 0.204. The van der Waals surface area contributed by atoms with E-state index in [1.165, 1.54) is 0 Å². The minimum Gasteiger partial charge on any atom is -0.495 e. The summed E-state index contributed by atoms with van der Waals surface area (Å²) >= 11 is 0. The highest BCUT2D eigenvalue weighted by molar-refractivity contribution is 6.05. The van der Waals surface area contributed by atoms with E-state index in [4.69, 9.17) is 10.5 Å².